The molecule has 0 aromatic rings. The van der Waals surface area contributed by atoms with Crippen LogP contribution in [0.25, 0.3) is 0 Å². The standard InChI is InChI=1S/C12H24N2O4S/c1-4-5-10-19(16,17)14-8-6-13(7-9-14)11(2)12(15)18-3/h11H,4-10H2,1-3H3. The van der Waals surface area contributed by atoms with Gasteiger partial charge in [0, 0.05) is 26.2 Å². The zero-order valence-corrected chi connectivity index (χ0v) is 12.8. The first-order valence-electron chi connectivity index (χ1n) is 6.72. The molecule has 0 spiro atoms. The van der Waals surface area contributed by atoms with Crippen molar-refractivity contribution in [1.82, 2.24) is 9.21 Å². The fourth-order valence-electron chi connectivity index (χ4n) is 2.14. The molecule has 19 heavy (non-hydrogen) atoms. The van der Waals surface area contributed by atoms with Gasteiger partial charge < -0.3 is 4.74 Å². The first kappa shape index (κ1) is 16.4. The minimum Gasteiger partial charge on any atom is -0.468 e. The molecule has 1 unspecified atom stereocenters. The molecule has 1 fully saturated rings. The Hall–Kier alpha value is -0.660. The third-order valence-corrected chi connectivity index (χ3v) is 5.47. The number of carbonyl (C=O) groups is 1. The van der Waals surface area contributed by atoms with Gasteiger partial charge in [-0.25, -0.2) is 8.42 Å². The monoisotopic (exact) mass is 292 g/mol. The van der Waals surface area contributed by atoms with Crippen molar-refractivity contribution >= 4 is 16.0 Å². The topological polar surface area (TPSA) is 66.9 Å². The summed E-state index contributed by atoms with van der Waals surface area (Å²) in [7, 11) is -1.76. The molecule has 0 aliphatic carbocycles. The maximum Gasteiger partial charge on any atom is 0.322 e. The van der Waals surface area contributed by atoms with Gasteiger partial charge in [-0.15, -0.1) is 0 Å². The molecule has 1 saturated heterocycles. The molecule has 0 N–H and O–H groups in total. The maximum absolute atomic E-state index is 12.0. The van der Waals surface area contributed by atoms with Gasteiger partial charge in [-0.2, -0.15) is 4.31 Å². The summed E-state index contributed by atoms with van der Waals surface area (Å²) in [6.45, 7) is 5.81. The van der Waals surface area contributed by atoms with Crippen molar-refractivity contribution in [3.05, 3.63) is 0 Å². The normalized spacial score (nSPS) is 20.2. The van der Waals surface area contributed by atoms with Crippen molar-refractivity contribution in [1.29, 1.82) is 0 Å². The van der Waals surface area contributed by atoms with Gasteiger partial charge in [0.15, 0.2) is 0 Å². The van der Waals surface area contributed by atoms with Crippen molar-refractivity contribution in [3.63, 3.8) is 0 Å². The number of esters is 1. The third kappa shape index (κ3) is 4.43. The molecular weight excluding hydrogens is 268 g/mol. The number of hydrogen-bond acceptors (Lipinski definition) is 5. The third-order valence-electron chi connectivity index (χ3n) is 3.51. The van der Waals surface area contributed by atoms with Crippen LogP contribution in [-0.2, 0) is 19.6 Å². The van der Waals surface area contributed by atoms with Gasteiger partial charge in [-0.05, 0) is 13.3 Å². The van der Waals surface area contributed by atoms with Gasteiger partial charge >= 0.3 is 5.97 Å². The summed E-state index contributed by atoms with van der Waals surface area (Å²) >= 11 is 0. The number of carbonyl (C=O) groups excluding carboxylic acids is 1. The lowest BCUT2D eigenvalue weighted by atomic mass is 10.2. The largest absolute Gasteiger partial charge is 0.468 e. The minimum absolute atomic E-state index is 0.218. The molecule has 0 aromatic heterocycles. The summed E-state index contributed by atoms with van der Waals surface area (Å²) in [6.07, 6.45) is 1.57. The smallest absolute Gasteiger partial charge is 0.322 e. The molecule has 7 heteroatoms. The van der Waals surface area contributed by atoms with Crippen molar-refractivity contribution in [3.8, 4) is 0 Å². The highest BCUT2D eigenvalue weighted by molar-refractivity contribution is 7.89. The minimum atomic E-state index is -3.13. The van der Waals surface area contributed by atoms with E-state index in [1.807, 2.05) is 11.8 Å². The number of rotatable bonds is 6. The van der Waals surface area contributed by atoms with E-state index in [0.717, 1.165) is 6.42 Å². The Bertz CT molecular complexity index is 389. The number of ether oxygens (including phenoxy) is 1. The Balaban J connectivity index is 2.51. The van der Waals surface area contributed by atoms with Crippen LogP contribution < -0.4 is 0 Å². The van der Waals surface area contributed by atoms with Crippen molar-refractivity contribution < 1.29 is 17.9 Å². The summed E-state index contributed by atoms with van der Waals surface area (Å²) in [4.78, 5) is 13.4. The zero-order chi connectivity index (χ0) is 14.5. The van der Waals surface area contributed by atoms with Crippen LogP contribution in [0.2, 0.25) is 0 Å². The zero-order valence-electron chi connectivity index (χ0n) is 12.0. The van der Waals surface area contributed by atoms with Crippen molar-refractivity contribution in [2.24, 2.45) is 0 Å². The predicted molar refractivity (Wildman–Crippen MR) is 73.3 cm³/mol. The number of methoxy groups -OCH3 is 1. The van der Waals surface area contributed by atoms with E-state index in [2.05, 4.69) is 0 Å². The molecule has 0 bridgehead atoms. The molecule has 0 saturated carbocycles. The van der Waals surface area contributed by atoms with Crippen molar-refractivity contribution in [2.75, 3.05) is 39.0 Å². The Morgan fingerprint density at radius 3 is 2.32 bits per heavy atom. The van der Waals surface area contributed by atoms with E-state index < -0.39 is 10.0 Å². The van der Waals surface area contributed by atoms with Gasteiger partial charge in [0.2, 0.25) is 10.0 Å². The first-order chi connectivity index (χ1) is 8.92. The highest BCUT2D eigenvalue weighted by atomic mass is 32.2. The Kier molecular flexibility index (Phi) is 6.22. The lowest BCUT2D eigenvalue weighted by Crippen LogP contribution is -2.53. The summed E-state index contributed by atoms with van der Waals surface area (Å²) in [6, 6.07) is -0.314. The van der Waals surface area contributed by atoms with Gasteiger partial charge in [0.1, 0.15) is 6.04 Å². The molecule has 112 valence electrons. The maximum atomic E-state index is 12.0. The highest BCUT2D eigenvalue weighted by Crippen LogP contribution is 2.12. The molecule has 1 rings (SSSR count). The van der Waals surface area contributed by atoms with Gasteiger partial charge in [0.05, 0.1) is 12.9 Å². The van der Waals surface area contributed by atoms with Gasteiger partial charge in [-0.1, -0.05) is 13.3 Å². The lowest BCUT2D eigenvalue weighted by molar-refractivity contribution is -0.146. The second-order valence-electron chi connectivity index (χ2n) is 4.80. The molecule has 1 aliphatic rings. The molecule has 1 aliphatic heterocycles. The van der Waals surface area contributed by atoms with E-state index in [4.69, 9.17) is 4.74 Å². The lowest BCUT2D eigenvalue weighted by Gasteiger charge is -2.36. The van der Waals surface area contributed by atoms with Crippen LogP contribution >= 0.6 is 0 Å². The fraction of sp³-hybridized carbons (Fsp3) is 0.917. The van der Waals surface area contributed by atoms with Crippen LogP contribution in [0.4, 0.5) is 0 Å². The summed E-state index contributed by atoms with van der Waals surface area (Å²) in [5, 5.41) is 0. The quantitative estimate of drug-likeness (QED) is 0.659. The number of sulfonamides is 1. The number of nitrogens with zero attached hydrogens (tertiary/aromatic N) is 2. The van der Waals surface area contributed by atoms with Crippen LogP contribution in [-0.4, -0.2) is 68.7 Å². The molecule has 0 aromatic carbocycles. The Labute approximate surface area is 115 Å². The van der Waals surface area contributed by atoms with E-state index in [1.54, 1.807) is 6.92 Å². The van der Waals surface area contributed by atoms with E-state index in [-0.39, 0.29) is 17.8 Å². The average Bonchev–Trinajstić information content (AvgIpc) is 2.43. The highest BCUT2D eigenvalue weighted by Gasteiger charge is 2.30. The van der Waals surface area contributed by atoms with Crippen LogP contribution in [0.5, 0.6) is 0 Å². The van der Waals surface area contributed by atoms with E-state index in [0.29, 0.717) is 32.6 Å². The molecule has 0 radical (unpaired) electrons. The first-order valence-corrected chi connectivity index (χ1v) is 8.33. The second-order valence-corrected chi connectivity index (χ2v) is 6.89. The Morgan fingerprint density at radius 1 is 1.26 bits per heavy atom. The summed E-state index contributed by atoms with van der Waals surface area (Å²) in [5.41, 5.74) is 0. The van der Waals surface area contributed by atoms with Crippen LogP contribution in [0, 0.1) is 0 Å². The molecule has 1 heterocycles. The summed E-state index contributed by atoms with van der Waals surface area (Å²) < 4.78 is 30.3. The molecule has 0 amide bonds. The molecular formula is C12H24N2O4S. The number of piperazine rings is 1. The SMILES string of the molecule is CCCCS(=O)(=O)N1CCN(C(C)C(=O)OC)CC1. The Morgan fingerprint density at radius 2 is 1.84 bits per heavy atom. The molecule has 6 nitrogen and oxygen atoms in total. The van der Waals surface area contributed by atoms with E-state index >= 15 is 0 Å². The second kappa shape index (κ2) is 7.21. The van der Waals surface area contributed by atoms with Crippen LogP contribution in [0.1, 0.15) is 26.7 Å². The van der Waals surface area contributed by atoms with E-state index in [9.17, 15) is 13.2 Å². The summed E-state index contributed by atoms with van der Waals surface area (Å²) in [5.74, 6) is -0.0573. The fourth-order valence-corrected chi connectivity index (χ4v) is 3.78. The van der Waals surface area contributed by atoms with Crippen LogP contribution in [0.3, 0.4) is 0 Å². The number of hydrogen-bond donors (Lipinski definition) is 0. The van der Waals surface area contributed by atoms with Gasteiger partial charge in [-0.3, -0.25) is 9.69 Å². The van der Waals surface area contributed by atoms with Crippen molar-refractivity contribution in [2.45, 2.75) is 32.7 Å². The predicted octanol–water partition coefficient (Wildman–Crippen LogP) is 0.295. The molecule has 1 atom stereocenters. The van der Waals surface area contributed by atoms with Gasteiger partial charge in [0.25, 0.3) is 0 Å². The van der Waals surface area contributed by atoms with E-state index in [1.165, 1.54) is 11.4 Å². The van der Waals surface area contributed by atoms with Crippen LogP contribution in [0.15, 0.2) is 0 Å². The average molecular weight is 292 g/mol. The number of unbranched alkanes of at least 4 members (excludes halogenated alkanes) is 1.